The van der Waals surface area contributed by atoms with Crippen molar-refractivity contribution in [2.24, 2.45) is 5.92 Å². The lowest BCUT2D eigenvalue weighted by atomic mass is 9.95. The number of aromatic nitrogens is 3. The van der Waals surface area contributed by atoms with Crippen molar-refractivity contribution in [1.29, 1.82) is 0 Å². The summed E-state index contributed by atoms with van der Waals surface area (Å²) in [4.78, 5) is 9.16. The molecule has 114 valence electrons. The van der Waals surface area contributed by atoms with Gasteiger partial charge in [0.2, 0.25) is 0 Å². The zero-order valence-electron chi connectivity index (χ0n) is 12.7. The predicted molar refractivity (Wildman–Crippen MR) is 83.0 cm³/mol. The molecule has 0 radical (unpaired) electrons. The molecule has 2 aromatic rings. The third-order valence-electron chi connectivity index (χ3n) is 3.94. The van der Waals surface area contributed by atoms with Gasteiger partial charge in [-0.05, 0) is 24.5 Å². The fraction of sp³-hybridized carbons (Fsp3) is 0.600. The van der Waals surface area contributed by atoms with E-state index in [4.69, 9.17) is 4.98 Å². The molecule has 1 fully saturated rings. The first-order valence-corrected chi connectivity index (χ1v) is 9.10. The summed E-state index contributed by atoms with van der Waals surface area (Å²) in [5, 5.41) is 0. The summed E-state index contributed by atoms with van der Waals surface area (Å²) in [7, 11) is -2.85. The molecule has 0 aliphatic carbocycles. The van der Waals surface area contributed by atoms with Gasteiger partial charge >= 0.3 is 0 Å². The molecule has 6 heteroatoms. The summed E-state index contributed by atoms with van der Waals surface area (Å²) in [6, 6.07) is 3.84. The van der Waals surface area contributed by atoms with Gasteiger partial charge in [0, 0.05) is 18.2 Å². The van der Waals surface area contributed by atoms with Gasteiger partial charge in [-0.3, -0.25) is 0 Å². The van der Waals surface area contributed by atoms with E-state index in [1.807, 2.05) is 12.1 Å². The van der Waals surface area contributed by atoms with Crippen molar-refractivity contribution in [2.75, 3.05) is 11.5 Å². The highest BCUT2D eigenvalue weighted by molar-refractivity contribution is 7.91. The molecule has 0 aromatic carbocycles. The molecule has 1 atom stereocenters. The van der Waals surface area contributed by atoms with Gasteiger partial charge in [-0.1, -0.05) is 20.8 Å². The Bertz CT molecular complexity index is 772. The molecule has 5 nitrogen and oxygen atoms in total. The SMILES string of the molecule is CC(C)(C)c1nc2cccnc2n1CC1CCS(=O)(=O)C1. The molecule has 21 heavy (non-hydrogen) atoms. The van der Waals surface area contributed by atoms with Crippen LogP contribution in [0.25, 0.3) is 11.2 Å². The fourth-order valence-electron chi connectivity index (χ4n) is 2.98. The van der Waals surface area contributed by atoms with Gasteiger partial charge in [-0.2, -0.15) is 0 Å². The van der Waals surface area contributed by atoms with Crippen molar-refractivity contribution in [3.05, 3.63) is 24.2 Å². The highest BCUT2D eigenvalue weighted by Gasteiger charge is 2.31. The maximum atomic E-state index is 11.7. The summed E-state index contributed by atoms with van der Waals surface area (Å²) < 4.78 is 25.5. The minimum Gasteiger partial charge on any atom is -0.312 e. The van der Waals surface area contributed by atoms with E-state index in [1.165, 1.54) is 0 Å². The lowest BCUT2D eigenvalue weighted by Gasteiger charge is -2.21. The first-order chi connectivity index (χ1) is 9.76. The van der Waals surface area contributed by atoms with Crippen molar-refractivity contribution in [1.82, 2.24) is 14.5 Å². The fourth-order valence-corrected chi connectivity index (χ4v) is 4.83. The largest absolute Gasteiger partial charge is 0.312 e. The van der Waals surface area contributed by atoms with Crippen molar-refractivity contribution in [3.63, 3.8) is 0 Å². The molecule has 0 amide bonds. The van der Waals surface area contributed by atoms with E-state index in [1.54, 1.807) is 6.20 Å². The highest BCUT2D eigenvalue weighted by Crippen LogP contribution is 2.28. The van der Waals surface area contributed by atoms with Crippen LogP contribution in [0.1, 0.15) is 33.0 Å². The van der Waals surface area contributed by atoms with E-state index in [0.29, 0.717) is 12.3 Å². The number of fused-ring (bicyclic) bond motifs is 1. The number of sulfone groups is 1. The molecule has 1 aliphatic heterocycles. The third-order valence-corrected chi connectivity index (χ3v) is 5.78. The van der Waals surface area contributed by atoms with E-state index in [9.17, 15) is 8.42 Å². The van der Waals surface area contributed by atoms with E-state index >= 15 is 0 Å². The molecular weight excluding hydrogens is 286 g/mol. The first kappa shape index (κ1) is 14.5. The average Bonchev–Trinajstić information content (AvgIpc) is 2.91. The highest BCUT2D eigenvalue weighted by atomic mass is 32.2. The average molecular weight is 307 g/mol. The van der Waals surface area contributed by atoms with Crippen LogP contribution in [-0.2, 0) is 21.8 Å². The minimum absolute atomic E-state index is 0.0990. The maximum Gasteiger partial charge on any atom is 0.160 e. The van der Waals surface area contributed by atoms with Gasteiger partial charge in [-0.15, -0.1) is 0 Å². The van der Waals surface area contributed by atoms with Gasteiger partial charge in [-0.25, -0.2) is 18.4 Å². The number of rotatable bonds is 2. The van der Waals surface area contributed by atoms with Crippen molar-refractivity contribution >= 4 is 21.0 Å². The zero-order valence-corrected chi connectivity index (χ0v) is 13.5. The molecule has 3 rings (SSSR count). The van der Waals surface area contributed by atoms with Gasteiger partial charge < -0.3 is 4.57 Å². The van der Waals surface area contributed by atoms with Crippen molar-refractivity contribution in [2.45, 2.75) is 39.2 Å². The standard InChI is InChI=1S/C15H21N3O2S/c1-15(2,3)14-17-12-5-4-7-16-13(12)18(14)9-11-6-8-21(19,20)10-11/h4-5,7,11H,6,8-10H2,1-3H3. The number of pyridine rings is 1. The lowest BCUT2D eigenvalue weighted by molar-refractivity contribution is 0.442. The second-order valence-electron chi connectivity index (χ2n) is 6.91. The molecule has 0 saturated carbocycles. The molecule has 3 heterocycles. The predicted octanol–water partition coefficient (Wildman–Crippen LogP) is 2.16. The lowest BCUT2D eigenvalue weighted by Crippen LogP contribution is -2.22. The van der Waals surface area contributed by atoms with Gasteiger partial charge in [0.1, 0.15) is 11.3 Å². The van der Waals surface area contributed by atoms with Crippen LogP contribution in [0.2, 0.25) is 0 Å². The summed E-state index contributed by atoms with van der Waals surface area (Å²) in [5.74, 6) is 1.72. The Morgan fingerprint density at radius 1 is 1.38 bits per heavy atom. The molecule has 0 N–H and O–H groups in total. The van der Waals surface area contributed by atoms with Crippen LogP contribution in [0, 0.1) is 5.92 Å². The Labute approximate surface area is 125 Å². The van der Waals surface area contributed by atoms with E-state index in [0.717, 1.165) is 23.4 Å². The monoisotopic (exact) mass is 307 g/mol. The second-order valence-corrected chi connectivity index (χ2v) is 9.14. The van der Waals surface area contributed by atoms with Gasteiger partial charge in [0.15, 0.2) is 15.5 Å². The van der Waals surface area contributed by atoms with Crippen LogP contribution in [0.15, 0.2) is 18.3 Å². The Morgan fingerprint density at radius 2 is 2.14 bits per heavy atom. The van der Waals surface area contributed by atoms with E-state index in [2.05, 4.69) is 30.3 Å². The molecule has 0 spiro atoms. The first-order valence-electron chi connectivity index (χ1n) is 7.28. The van der Waals surface area contributed by atoms with Gasteiger partial charge in [0.05, 0.1) is 11.5 Å². The Morgan fingerprint density at radius 3 is 2.76 bits per heavy atom. The number of hydrogen-bond donors (Lipinski definition) is 0. The Kier molecular flexibility index (Phi) is 3.31. The summed E-state index contributed by atoms with van der Waals surface area (Å²) in [6.45, 7) is 7.04. The van der Waals surface area contributed by atoms with Crippen LogP contribution in [0.4, 0.5) is 0 Å². The van der Waals surface area contributed by atoms with Crippen LogP contribution >= 0.6 is 0 Å². The maximum absolute atomic E-state index is 11.7. The molecule has 0 bridgehead atoms. The molecule has 2 aromatic heterocycles. The minimum atomic E-state index is -2.85. The van der Waals surface area contributed by atoms with Crippen LogP contribution < -0.4 is 0 Å². The summed E-state index contributed by atoms with van der Waals surface area (Å²) in [5.41, 5.74) is 1.63. The van der Waals surface area contributed by atoms with Gasteiger partial charge in [0.25, 0.3) is 0 Å². The van der Waals surface area contributed by atoms with Crippen molar-refractivity contribution in [3.8, 4) is 0 Å². The van der Waals surface area contributed by atoms with Crippen LogP contribution in [-0.4, -0.2) is 34.5 Å². The number of nitrogens with zero attached hydrogens (tertiary/aromatic N) is 3. The quantitative estimate of drug-likeness (QED) is 0.853. The van der Waals surface area contributed by atoms with E-state index < -0.39 is 9.84 Å². The smallest absolute Gasteiger partial charge is 0.160 e. The summed E-state index contributed by atoms with van der Waals surface area (Å²) >= 11 is 0. The van der Waals surface area contributed by atoms with Crippen LogP contribution in [0.3, 0.4) is 0 Å². The van der Waals surface area contributed by atoms with Crippen molar-refractivity contribution < 1.29 is 8.42 Å². The third kappa shape index (κ3) is 2.81. The molecule has 1 unspecified atom stereocenters. The van der Waals surface area contributed by atoms with Crippen LogP contribution in [0.5, 0.6) is 0 Å². The van der Waals surface area contributed by atoms with E-state index in [-0.39, 0.29) is 17.1 Å². The number of imidazole rings is 1. The molecular formula is C15H21N3O2S. The Balaban J connectivity index is 2.04. The summed E-state index contributed by atoms with van der Waals surface area (Å²) in [6.07, 6.45) is 2.50. The zero-order chi connectivity index (χ0) is 15.3. The molecule has 1 aliphatic rings. The normalized spacial score (nSPS) is 22.0. The number of hydrogen-bond acceptors (Lipinski definition) is 4. The second kappa shape index (κ2) is 4.80. The Hall–Kier alpha value is -1.43. The topological polar surface area (TPSA) is 64.8 Å². The molecule has 1 saturated heterocycles.